The van der Waals surface area contributed by atoms with Gasteiger partial charge < -0.3 is 4.74 Å². The van der Waals surface area contributed by atoms with Gasteiger partial charge in [0.2, 0.25) is 0 Å². The van der Waals surface area contributed by atoms with E-state index in [0.29, 0.717) is 16.1 Å². The maximum atomic E-state index is 13.6. The SMILES string of the molecule is CC1(CC(=O)c2ccc(-c3ccccc3)cc2)C(=O)OC(c2ccc(Cl)cc2)C(C)(C)C1=O. The van der Waals surface area contributed by atoms with Gasteiger partial charge in [-0.15, -0.1) is 0 Å². The average Bonchev–Trinajstić information content (AvgIpc) is 2.82. The highest BCUT2D eigenvalue weighted by atomic mass is 35.5. The molecule has 1 saturated heterocycles. The third-order valence-corrected chi connectivity index (χ3v) is 6.67. The third-order valence-electron chi connectivity index (χ3n) is 6.42. The second kappa shape index (κ2) is 8.60. The number of carbonyl (C=O) groups excluding carboxylic acids is 3. The normalized spacial score (nSPS) is 22.0. The highest BCUT2D eigenvalue weighted by molar-refractivity contribution is 6.30. The number of Topliss-reactive ketones (excluding diaryl/α,β-unsaturated/α-hetero) is 2. The molecule has 1 aliphatic heterocycles. The van der Waals surface area contributed by atoms with E-state index in [1.54, 1.807) is 50.2 Å². The Labute approximate surface area is 198 Å². The number of benzene rings is 3. The Balaban J connectivity index is 1.56. The summed E-state index contributed by atoms with van der Waals surface area (Å²) in [7, 11) is 0. The first kappa shape index (κ1) is 22.9. The summed E-state index contributed by atoms with van der Waals surface area (Å²) in [6.45, 7) is 5.00. The summed E-state index contributed by atoms with van der Waals surface area (Å²) in [4.78, 5) is 39.7. The van der Waals surface area contributed by atoms with Gasteiger partial charge in [-0.05, 0) is 49.6 Å². The maximum Gasteiger partial charge on any atom is 0.320 e. The molecule has 0 bridgehead atoms. The zero-order chi connectivity index (χ0) is 23.8. The minimum atomic E-state index is -1.55. The van der Waals surface area contributed by atoms with Crippen LogP contribution in [0.25, 0.3) is 11.1 Å². The van der Waals surface area contributed by atoms with Crippen molar-refractivity contribution in [3.63, 3.8) is 0 Å². The minimum absolute atomic E-state index is 0.244. The minimum Gasteiger partial charge on any atom is -0.456 e. The first-order valence-corrected chi connectivity index (χ1v) is 11.2. The molecule has 3 aromatic rings. The van der Waals surface area contributed by atoms with Gasteiger partial charge in [0, 0.05) is 17.0 Å². The van der Waals surface area contributed by atoms with Crippen molar-refractivity contribution < 1.29 is 19.1 Å². The van der Waals surface area contributed by atoms with Crippen LogP contribution < -0.4 is 0 Å². The summed E-state index contributed by atoms with van der Waals surface area (Å²) in [5, 5.41) is 0.554. The summed E-state index contributed by atoms with van der Waals surface area (Å²) < 4.78 is 5.77. The van der Waals surface area contributed by atoms with Gasteiger partial charge in [0.05, 0.1) is 5.41 Å². The number of hydrogen-bond donors (Lipinski definition) is 0. The van der Waals surface area contributed by atoms with E-state index in [2.05, 4.69) is 0 Å². The van der Waals surface area contributed by atoms with Crippen molar-refractivity contribution in [3.05, 3.63) is 95.0 Å². The summed E-state index contributed by atoms with van der Waals surface area (Å²) >= 11 is 5.97. The maximum absolute atomic E-state index is 13.6. The molecular formula is C28H25ClO4. The molecule has 0 radical (unpaired) electrons. The molecule has 0 spiro atoms. The molecule has 1 fully saturated rings. The molecule has 3 aromatic carbocycles. The van der Waals surface area contributed by atoms with Gasteiger partial charge in [0.15, 0.2) is 11.6 Å². The molecule has 0 aromatic heterocycles. The molecule has 4 rings (SSSR count). The first-order chi connectivity index (χ1) is 15.6. The van der Waals surface area contributed by atoms with Crippen molar-refractivity contribution >= 4 is 29.1 Å². The van der Waals surface area contributed by atoms with Crippen LogP contribution in [0, 0.1) is 10.8 Å². The molecule has 4 nitrogen and oxygen atoms in total. The van der Waals surface area contributed by atoms with Gasteiger partial charge in [-0.2, -0.15) is 0 Å². The van der Waals surface area contributed by atoms with Crippen LogP contribution in [0.1, 0.15) is 49.2 Å². The van der Waals surface area contributed by atoms with E-state index < -0.39 is 22.9 Å². The Bertz CT molecular complexity index is 1200. The molecule has 33 heavy (non-hydrogen) atoms. The quantitative estimate of drug-likeness (QED) is 0.248. The van der Waals surface area contributed by atoms with Crippen molar-refractivity contribution in [2.45, 2.75) is 33.3 Å². The van der Waals surface area contributed by atoms with Gasteiger partial charge >= 0.3 is 5.97 Å². The van der Waals surface area contributed by atoms with Crippen molar-refractivity contribution in [3.8, 4) is 11.1 Å². The van der Waals surface area contributed by atoms with E-state index in [1.165, 1.54) is 6.92 Å². The second-order valence-corrected chi connectivity index (χ2v) is 9.70. The number of halogens is 1. The van der Waals surface area contributed by atoms with E-state index in [-0.39, 0.29) is 18.0 Å². The first-order valence-electron chi connectivity index (χ1n) is 10.8. The van der Waals surface area contributed by atoms with Gasteiger partial charge in [-0.1, -0.05) is 78.3 Å². The topological polar surface area (TPSA) is 60.4 Å². The smallest absolute Gasteiger partial charge is 0.320 e. The van der Waals surface area contributed by atoms with Gasteiger partial charge in [0.25, 0.3) is 0 Å². The standard InChI is InChI=1S/C28H25ClO4/c1-27(2)24(21-13-15-22(29)16-14-21)33-26(32)28(3,25(27)31)17-23(30)20-11-9-19(10-12-20)18-7-5-4-6-8-18/h4-16,24H,17H2,1-3H3. The second-order valence-electron chi connectivity index (χ2n) is 9.26. The fourth-order valence-electron chi connectivity index (χ4n) is 4.48. The van der Waals surface area contributed by atoms with E-state index >= 15 is 0 Å². The molecule has 1 heterocycles. The number of ether oxygens (including phenoxy) is 1. The Morgan fingerprint density at radius 3 is 2.03 bits per heavy atom. The summed E-state index contributed by atoms with van der Waals surface area (Å²) in [6, 6.07) is 23.9. The molecule has 0 aliphatic carbocycles. The predicted molar refractivity (Wildman–Crippen MR) is 128 cm³/mol. The molecular weight excluding hydrogens is 436 g/mol. The van der Waals surface area contributed by atoms with Crippen LogP contribution in [0.2, 0.25) is 5.02 Å². The Morgan fingerprint density at radius 1 is 0.848 bits per heavy atom. The van der Waals surface area contributed by atoms with Crippen molar-refractivity contribution in [2.75, 3.05) is 0 Å². The fraction of sp³-hybridized carbons (Fsp3) is 0.250. The fourth-order valence-corrected chi connectivity index (χ4v) is 4.61. The lowest BCUT2D eigenvalue weighted by Gasteiger charge is -2.44. The van der Waals surface area contributed by atoms with E-state index in [4.69, 9.17) is 16.3 Å². The van der Waals surface area contributed by atoms with Crippen LogP contribution in [0.3, 0.4) is 0 Å². The molecule has 2 atom stereocenters. The Hall–Kier alpha value is -3.24. The Kier molecular flexibility index (Phi) is 5.98. The number of cyclic esters (lactones) is 1. The van der Waals surface area contributed by atoms with E-state index in [1.807, 2.05) is 42.5 Å². The lowest BCUT2D eigenvalue weighted by atomic mass is 9.64. The lowest BCUT2D eigenvalue weighted by molar-refractivity contribution is -0.187. The largest absolute Gasteiger partial charge is 0.456 e. The van der Waals surface area contributed by atoms with Crippen LogP contribution >= 0.6 is 11.6 Å². The molecule has 168 valence electrons. The number of esters is 1. The monoisotopic (exact) mass is 460 g/mol. The van der Waals surface area contributed by atoms with Crippen LogP contribution in [0.4, 0.5) is 0 Å². The number of rotatable bonds is 5. The molecule has 5 heteroatoms. The van der Waals surface area contributed by atoms with E-state index in [0.717, 1.165) is 11.1 Å². The summed E-state index contributed by atoms with van der Waals surface area (Å²) in [5.41, 5.74) is 0.614. The average molecular weight is 461 g/mol. The van der Waals surface area contributed by atoms with Gasteiger partial charge in [-0.3, -0.25) is 14.4 Å². The summed E-state index contributed by atoms with van der Waals surface area (Å²) in [5.74, 6) is -1.26. The number of ketones is 2. The molecule has 0 amide bonds. The van der Waals surface area contributed by atoms with Crippen LogP contribution in [-0.2, 0) is 14.3 Å². The Morgan fingerprint density at radius 2 is 1.42 bits per heavy atom. The lowest BCUT2D eigenvalue weighted by Crippen LogP contribution is -2.54. The third kappa shape index (κ3) is 4.23. The predicted octanol–water partition coefficient (Wildman–Crippen LogP) is 6.48. The zero-order valence-corrected chi connectivity index (χ0v) is 19.6. The molecule has 2 unspecified atom stereocenters. The van der Waals surface area contributed by atoms with Crippen LogP contribution in [0.5, 0.6) is 0 Å². The van der Waals surface area contributed by atoms with Crippen molar-refractivity contribution in [1.82, 2.24) is 0 Å². The zero-order valence-electron chi connectivity index (χ0n) is 18.8. The van der Waals surface area contributed by atoms with Crippen molar-refractivity contribution in [1.29, 1.82) is 0 Å². The molecule has 1 aliphatic rings. The van der Waals surface area contributed by atoms with E-state index in [9.17, 15) is 14.4 Å². The number of carbonyl (C=O) groups is 3. The van der Waals surface area contributed by atoms with Crippen LogP contribution in [-0.4, -0.2) is 17.5 Å². The highest BCUT2D eigenvalue weighted by Crippen LogP contribution is 2.49. The van der Waals surface area contributed by atoms with Crippen molar-refractivity contribution in [2.24, 2.45) is 10.8 Å². The molecule has 0 N–H and O–H groups in total. The highest BCUT2D eigenvalue weighted by Gasteiger charge is 2.58. The summed E-state index contributed by atoms with van der Waals surface area (Å²) in [6.07, 6.45) is -0.991. The van der Waals surface area contributed by atoms with Gasteiger partial charge in [0.1, 0.15) is 11.5 Å². The van der Waals surface area contributed by atoms with Crippen LogP contribution in [0.15, 0.2) is 78.9 Å². The van der Waals surface area contributed by atoms with Gasteiger partial charge in [-0.25, -0.2) is 0 Å². The molecule has 0 saturated carbocycles. The number of hydrogen-bond acceptors (Lipinski definition) is 4.